The molecule has 0 radical (unpaired) electrons. The van der Waals surface area contributed by atoms with Crippen molar-refractivity contribution in [3.05, 3.63) is 63.6 Å². The quantitative estimate of drug-likeness (QED) is 0.675. The molecule has 1 heterocycles. The van der Waals surface area contributed by atoms with Crippen LogP contribution in [0.2, 0.25) is 10.0 Å². The van der Waals surface area contributed by atoms with Gasteiger partial charge in [-0.15, -0.1) is 0 Å². The van der Waals surface area contributed by atoms with Gasteiger partial charge in [-0.1, -0.05) is 47.5 Å². The number of amides is 1. The van der Waals surface area contributed by atoms with Crippen molar-refractivity contribution in [1.29, 1.82) is 0 Å². The van der Waals surface area contributed by atoms with Crippen LogP contribution in [-0.4, -0.2) is 50.8 Å². The Labute approximate surface area is 181 Å². The molecule has 1 atom stereocenters. The highest BCUT2D eigenvalue weighted by Crippen LogP contribution is 2.27. The van der Waals surface area contributed by atoms with Crippen LogP contribution >= 0.6 is 23.2 Å². The van der Waals surface area contributed by atoms with Gasteiger partial charge in [-0.25, -0.2) is 0 Å². The lowest BCUT2D eigenvalue weighted by Gasteiger charge is -2.35. The summed E-state index contributed by atoms with van der Waals surface area (Å²) in [6, 6.07) is 13.6. The fraction of sp³-hybridized carbons (Fsp3) is 0.409. The van der Waals surface area contributed by atoms with Crippen molar-refractivity contribution < 1.29 is 14.3 Å². The third-order valence-corrected chi connectivity index (χ3v) is 5.99. The summed E-state index contributed by atoms with van der Waals surface area (Å²) in [7, 11) is 1.65. The molecular formula is C22H26Cl2N2O3. The molecule has 2 aromatic carbocycles. The number of hydrogen-bond acceptors (Lipinski definition) is 4. The van der Waals surface area contributed by atoms with Crippen LogP contribution < -0.4 is 10.1 Å². The third kappa shape index (κ3) is 6.09. The number of ether oxygens (including phenoxy) is 2. The third-order valence-electron chi connectivity index (χ3n) is 5.13. The topological polar surface area (TPSA) is 50.8 Å². The molecular weight excluding hydrogens is 411 g/mol. The molecule has 7 heteroatoms. The van der Waals surface area contributed by atoms with E-state index in [0.29, 0.717) is 42.6 Å². The summed E-state index contributed by atoms with van der Waals surface area (Å²) < 4.78 is 10.7. The van der Waals surface area contributed by atoms with Crippen LogP contribution in [-0.2, 0) is 16.0 Å². The summed E-state index contributed by atoms with van der Waals surface area (Å²) in [5.74, 6) is 0.810. The van der Waals surface area contributed by atoms with Gasteiger partial charge in [0.05, 0.1) is 36.4 Å². The monoisotopic (exact) mass is 436 g/mol. The lowest BCUT2D eigenvalue weighted by atomic mass is 10.0. The number of rotatable bonds is 8. The molecule has 156 valence electrons. The van der Waals surface area contributed by atoms with Crippen molar-refractivity contribution in [1.82, 2.24) is 10.2 Å². The van der Waals surface area contributed by atoms with Crippen LogP contribution in [0.15, 0.2) is 42.5 Å². The summed E-state index contributed by atoms with van der Waals surface area (Å²) in [5.41, 5.74) is 2.03. The van der Waals surface area contributed by atoms with Crippen molar-refractivity contribution in [2.45, 2.75) is 18.9 Å². The van der Waals surface area contributed by atoms with Crippen LogP contribution in [0.3, 0.4) is 0 Å². The van der Waals surface area contributed by atoms with Crippen molar-refractivity contribution in [3.8, 4) is 5.75 Å². The van der Waals surface area contributed by atoms with Crippen LogP contribution in [0, 0.1) is 0 Å². The van der Waals surface area contributed by atoms with Crippen LogP contribution in [0.25, 0.3) is 0 Å². The van der Waals surface area contributed by atoms with Crippen molar-refractivity contribution in [3.63, 3.8) is 0 Å². The number of hydrogen-bond donors (Lipinski definition) is 1. The predicted octanol–water partition coefficient (Wildman–Crippen LogP) is 4.12. The zero-order chi connectivity index (χ0) is 20.6. The average molecular weight is 437 g/mol. The Hall–Kier alpha value is -1.79. The van der Waals surface area contributed by atoms with Gasteiger partial charge in [0.25, 0.3) is 0 Å². The lowest BCUT2D eigenvalue weighted by molar-refractivity contribution is -0.121. The minimum atomic E-state index is -0.00665. The van der Waals surface area contributed by atoms with Gasteiger partial charge in [0.15, 0.2) is 0 Å². The SMILES string of the molecule is COc1ccc(C(CNC(=O)CCc2cccc(Cl)c2Cl)N2CCOCC2)cc1. The maximum atomic E-state index is 12.5. The van der Waals surface area contributed by atoms with Gasteiger partial charge in [-0.3, -0.25) is 9.69 Å². The molecule has 29 heavy (non-hydrogen) atoms. The molecule has 1 aliphatic rings. The second kappa shape index (κ2) is 10.8. The van der Waals surface area contributed by atoms with Crippen LogP contribution in [0.1, 0.15) is 23.6 Å². The largest absolute Gasteiger partial charge is 0.497 e. The summed E-state index contributed by atoms with van der Waals surface area (Å²) >= 11 is 12.3. The molecule has 1 N–H and O–H groups in total. The van der Waals surface area contributed by atoms with E-state index in [4.69, 9.17) is 32.7 Å². The first-order valence-electron chi connectivity index (χ1n) is 9.74. The zero-order valence-corrected chi connectivity index (χ0v) is 18.0. The first kappa shape index (κ1) is 21.9. The van der Waals surface area contributed by atoms with E-state index in [0.717, 1.165) is 30.0 Å². The molecule has 2 aromatic rings. The average Bonchev–Trinajstić information content (AvgIpc) is 2.76. The molecule has 0 saturated carbocycles. The van der Waals surface area contributed by atoms with Crippen molar-refractivity contribution in [2.75, 3.05) is 40.0 Å². The second-order valence-electron chi connectivity index (χ2n) is 6.95. The summed E-state index contributed by atoms with van der Waals surface area (Å²) in [6.45, 7) is 3.62. The highest BCUT2D eigenvalue weighted by molar-refractivity contribution is 6.42. The fourth-order valence-electron chi connectivity index (χ4n) is 3.46. The molecule has 0 bridgehead atoms. The number of morpholine rings is 1. The Kier molecular flexibility index (Phi) is 8.19. The van der Waals surface area contributed by atoms with Gasteiger partial charge in [0, 0.05) is 26.1 Å². The Balaban J connectivity index is 1.61. The summed E-state index contributed by atoms with van der Waals surface area (Å²) in [5, 5.41) is 4.11. The number of nitrogens with one attached hydrogen (secondary N) is 1. The van der Waals surface area contributed by atoms with Gasteiger partial charge in [0.2, 0.25) is 5.91 Å². The Morgan fingerprint density at radius 1 is 1.17 bits per heavy atom. The van der Waals surface area contributed by atoms with Gasteiger partial charge in [-0.2, -0.15) is 0 Å². The van der Waals surface area contributed by atoms with Gasteiger partial charge >= 0.3 is 0 Å². The van der Waals surface area contributed by atoms with Crippen molar-refractivity contribution >= 4 is 29.1 Å². The van der Waals surface area contributed by atoms with Gasteiger partial charge < -0.3 is 14.8 Å². The standard InChI is InChI=1S/C22H26Cl2N2O3/c1-28-18-8-5-16(6-9-18)20(26-11-13-29-14-12-26)15-25-21(27)10-7-17-3-2-4-19(23)22(17)24/h2-6,8-9,20H,7,10-15H2,1H3,(H,25,27). The fourth-order valence-corrected chi connectivity index (χ4v) is 3.88. The number of aryl methyl sites for hydroxylation is 1. The lowest BCUT2D eigenvalue weighted by Crippen LogP contribution is -2.43. The van der Waals surface area contributed by atoms with Gasteiger partial charge in [-0.05, 0) is 35.7 Å². The molecule has 3 rings (SSSR count). The highest BCUT2D eigenvalue weighted by Gasteiger charge is 2.23. The number of halogens is 2. The van der Waals surface area contributed by atoms with Crippen LogP contribution in [0.4, 0.5) is 0 Å². The second-order valence-corrected chi connectivity index (χ2v) is 7.74. The molecule has 1 saturated heterocycles. The number of benzene rings is 2. The van der Waals surface area contributed by atoms with E-state index in [9.17, 15) is 4.79 Å². The van der Waals surface area contributed by atoms with E-state index in [2.05, 4.69) is 22.3 Å². The maximum absolute atomic E-state index is 12.5. The molecule has 0 spiro atoms. The highest BCUT2D eigenvalue weighted by atomic mass is 35.5. The molecule has 0 aromatic heterocycles. The summed E-state index contributed by atoms with van der Waals surface area (Å²) in [6.07, 6.45) is 0.911. The molecule has 0 aliphatic carbocycles. The Morgan fingerprint density at radius 2 is 1.90 bits per heavy atom. The molecule has 1 aliphatic heterocycles. The predicted molar refractivity (Wildman–Crippen MR) is 116 cm³/mol. The normalized spacial score (nSPS) is 15.7. The first-order valence-corrected chi connectivity index (χ1v) is 10.5. The van der Waals surface area contributed by atoms with Crippen LogP contribution in [0.5, 0.6) is 5.75 Å². The van der Waals surface area contributed by atoms with E-state index in [1.54, 1.807) is 13.2 Å². The zero-order valence-electron chi connectivity index (χ0n) is 16.5. The number of carbonyl (C=O) groups excluding carboxylic acids is 1. The molecule has 1 amide bonds. The number of methoxy groups -OCH3 is 1. The van der Waals surface area contributed by atoms with E-state index < -0.39 is 0 Å². The minimum absolute atomic E-state index is 0.00665. The number of nitrogens with zero attached hydrogens (tertiary/aromatic N) is 1. The number of carbonyl (C=O) groups is 1. The van der Waals surface area contributed by atoms with Gasteiger partial charge in [0.1, 0.15) is 5.75 Å². The molecule has 5 nitrogen and oxygen atoms in total. The van der Waals surface area contributed by atoms with E-state index >= 15 is 0 Å². The van der Waals surface area contributed by atoms with Crippen molar-refractivity contribution in [2.24, 2.45) is 0 Å². The van der Waals surface area contributed by atoms with E-state index in [1.165, 1.54) is 0 Å². The van der Waals surface area contributed by atoms with E-state index in [1.807, 2.05) is 24.3 Å². The maximum Gasteiger partial charge on any atom is 0.220 e. The first-order chi connectivity index (χ1) is 14.1. The Morgan fingerprint density at radius 3 is 2.59 bits per heavy atom. The molecule has 1 fully saturated rings. The smallest absolute Gasteiger partial charge is 0.220 e. The Bertz CT molecular complexity index is 808. The minimum Gasteiger partial charge on any atom is -0.497 e. The molecule has 1 unspecified atom stereocenters. The summed E-state index contributed by atoms with van der Waals surface area (Å²) in [4.78, 5) is 14.8. The van der Waals surface area contributed by atoms with E-state index in [-0.39, 0.29) is 11.9 Å².